The summed E-state index contributed by atoms with van der Waals surface area (Å²) >= 11 is 1.82. The summed E-state index contributed by atoms with van der Waals surface area (Å²) < 4.78 is 44.8. The second-order valence-electron chi connectivity index (χ2n) is 17.6. The molecule has 63 heavy (non-hydrogen) atoms. The molecule has 0 amide bonds. The van der Waals surface area contributed by atoms with Gasteiger partial charge in [-0.05, 0) is 73.7 Å². The average Bonchev–Trinajstić information content (AvgIpc) is 3.90. The minimum absolute atomic E-state index is 0. The number of hydrogen-bond donors (Lipinski definition) is 0. The molecule has 0 atom stereocenters. The van der Waals surface area contributed by atoms with E-state index in [1.54, 1.807) is 18.3 Å². The fourth-order valence-electron chi connectivity index (χ4n) is 7.98. The number of nitrogens with zero attached hydrogens (tertiary/aromatic N) is 3. The number of fused-ring (bicyclic) bond motifs is 4. The quantitative estimate of drug-likeness (QED) is 0.118. The molecule has 1 radical (unpaired) electrons. The molecule has 0 aliphatic carbocycles. The first kappa shape index (κ1) is 37.8. The zero-order valence-corrected chi connectivity index (χ0v) is 40.5. The Kier molecular flexibility index (Phi) is 10.9. The standard InChI is InChI=1S/C37H23N2S.C20H28NSi.Ir/c1-3-12-25(13-4-1)27-22-23-29-30-17-11-18-31(36(30)40-35(29)24-27)37-38-32-19-8-10-21-34(32)39(37)33-20-9-7-16-28(33)26-14-5-2-6-15-26;1-15-8-10-16(11-9-15)18-12-17(13-20(2,3)4)19(14-21-18)22(5,6)7;/h1-17,19-24H;8-10,12,14H,13H2,1-7H3;/q2*-1;/i;1D3,13D2;. The van der Waals surface area contributed by atoms with Crippen molar-refractivity contribution in [2.75, 3.05) is 0 Å². The summed E-state index contributed by atoms with van der Waals surface area (Å²) in [6.45, 7) is 10.1. The van der Waals surface area contributed by atoms with Gasteiger partial charge in [-0.3, -0.25) is 4.98 Å². The smallest absolute Gasteiger partial charge is 0.0798 e. The Morgan fingerprint density at radius 1 is 0.730 bits per heavy atom. The molecule has 7 aromatic carbocycles. The van der Waals surface area contributed by atoms with Crippen LogP contribution in [0.2, 0.25) is 19.6 Å². The van der Waals surface area contributed by atoms with Gasteiger partial charge >= 0.3 is 0 Å². The summed E-state index contributed by atoms with van der Waals surface area (Å²) in [5.41, 5.74) is 10.6. The van der Waals surface area contributed by atoms with Gasteiger partial charge in [-0.1, -0.05) is 173 Å². The number of hydrogen-bond acceptors (Lipinski definition) is 3. The maximum Gasteiger partial charge on any atom is 0.0798 e. The number of aryl methyl sites for hydroxylation is 1. The van der Waals surface area contributed by atoms with E-state index in [1.807, 2.05) is 44.2 Å². The van der Waals surface area contributed by atoms with E-state index in [1.165, 1.54) is 48.5 Å². The van der Waals surface area contributed by atoms with Crippen LogP contribution in [0.3, 0.4) is 0 Å². The van der Waals surface area contributed by atoms with Crippen LogP contribution in [-0.2, 0) is 26.5 Å². The molecule has 0 unspecified atom stereocenters. The van der Waals surface area contributed by atoms with Gasteiger partial charge < -0.3 is 9.55 Å². The molecule has 0 aliphatic heterocycles. The molecule has 3 nitrogen and oxygen atoms in total. The molecular weight excluding hydrogens is 979 g/mol. The number of pyridine rings is 1. The Labute approximate surface area is 397 Å². The van der Waals surface area contributed by atoms with E-state index in [4.69, 9.17) is 11.8 Å². The van der Waals surface area contributed by atoms with Gasteiger partial charge in [0.05, 0.1) is 24.9 Å². The van der Waals surface area contributed by atoms with E-state index in [-0.39, 0.29) is 25.7 Å². The number of aromatic nitrogens is 3. The van der Waals surface area contributed by atoms with Gasteiger partial charge in [0.25, 0.3) is 0 Å². The summed E-state index contributed by atoms with van der Waals surface area (Å²) in [6.07, 6.45) is 0.269. The molecule has 315 valence electrons. The third kappa shape index (κ3) is 9.32. The van der Waals surface area contributed by atoms with Gasteiger partial charge in [0.1, 0.15) is 0 Å². The minimum atomic E-state index is -2.17. The number of thiophene rings is 1. The number of imidazole rings is 1. The van der Waals surface area contributed by atoms with Crippen LogP contribution in [0.5, 0.6) is 0 Å². The predicted octanol–water partition coefficient (Wildman–Crippen LogP) is 15.2. The van der Waals surface area contributed by atoms with Crippen molar-refractivity contribution in [1.82, 2.24) is 14.5 Å². The first-order valence-electron chi connectivity index (χ1n) is 23.5. The van der Waals surface area contributed by atoms with E-state index < -0.39 is 26.7 Å². The largest absolute Gasteiger partial charge is 0.333 e. The van der Waals surface area contributed by atoms with Crippen molar-refractivity contribution in [2.24, 2.45) is 5.41 Å². The molecule has 3 aromatic heterocycles. The molecule has 3 heterocycles. The van der Waals surface area contributed by atoms with Gasteiger partial charge in [0.15, 0.2) is 0 Å². The average molecular weight is 1040 g/mol. The summed E-state index contributed by atoms with van der Waals surface area (Å²) in [6, 6.07) is 62.3. The normalized spacial score (nSPS) is 13.3. The molecule has 0 N–H and O–H groups in total. The Bertz CT molecular complexity index is 3390. The van der Waals surface area contributed by atoms with E-state index in [2.05, 4.69) is 175 Å². The van der Waals surface area contributed by atoms with Gasteiger partial charge in [-0.2, -0.15) is 11.3 Å². The monoisotopic (exact) mass is 1040 g/mol. The minimum Gasteiger partial charge on any atom is -0.333 e. The summed E-state index contributed by atoms with van der Waals surface area (Å²) in [4.78, 5) is 9.78. The van der Waals surface area contributed by atoms with E-state index in [9.17, 15) is 0 Å². The topological polar surface area (TPSA) is 30.7 Å². The van der Waals surface area contributed by atoms with Gasteiger partial charge in [-0.25, -0.2) is 0 Å². The molecule has 0 bridgehead atoms. The van der Waals surface area contributed by atoms with Crippen molar-refractivity contribution >= 4 is 55.8 Å². The van der Waals surface area contributed by atoms with Crippen LogP contribution in [0, 0.1) is 24.4 Å². The summed E-state index contributed by atoms with van der Waals surface area (Å²) in [5, 5.41) is 3.51. The van der Waals surface area contributed by atoms with Crippen molar-refractivity contribution in [2.45, 2.75) is 53.6 Å². The molecule has 6 heteroatoms. The number of para-hydroxylation sites is 3. The third-order valence-corrected chi connectivity index (χ3v) is 14.1. The Morgan fingerprint density at radius 2 is 1.44 bits per heavy atom. The van der Waals surface area contributed by atoms with Crippen molar-refractivity contribution < 1.29 is 27.0 Å². The van der Waals surface area contributed by atoms with Crippen LogP contribution in [0.15, 0.2) is 170 Å². The fourth-order valence-corrected chi connectivity index (χ4v) is 10.6. The van der Waals surface area contributed by atoms with Crippen molar-refractivity contribution in [1.29, 1.82) is 0 Å². The Balaban J connectivity index is 0.000000197. The first-order chi connectivity index (χ1) is 31.9. The SMILES string of the molecule is [2H]C([2H])([2H])c1c[c-]c(-c2cc(C([2H])([2H])C(C)(C)C)c([Si](C)(C)C)cn2)cc1.[Ir].[c-]1ccc2c(sc3cc(-c4ccccc4)ccc32)c1-c1nc2ccccc2n1-c1ccccc1-c1ccccc1. The first-order valence-corrected chi connectivity index (χ1v) is 25.3. The van der Waals surface area contributed by atoms with Crippen molar-refractivity contribution in [3.63, 3.8) is 0 Å². The molecule has 10 rings (SSSR count). The third-order valence-electron chi connectivity index (χ3n) is 10.9. The maximum atomic E-state index is 8.79. The molecule has 0 fully saturated rings. The zero-order chi connectivity index (χ0) is 47.3. The van der Waals surface area contributed by atoms with Crippen molar-refractivity contribution in [3.05, 3.63) is 193 Å². The summed E-state index contributed by atoms with van der Waals surface area (Å²) in [5.74, 6) is 0.907. The molecular formula is C57H51IrN3SSi-2. The fraction of sp³-hybridized carbons (Fsp3) is 0.158. The number of benzene rings is 7. The zero-order valence-electron chi connectivity index (χ0n) is 41.2. The second kappa shape index (κ2) is 18.2. The van der Waals surface area contributed by atoms with Crippen LogP contribution in [-0.4, -0.2) is 22.6 Å². The Morgan fingerprint density at radius 3 is 2.16 bits per heavy atom. The number of rotatable bonds is 7. The maximum absolute atomic E-state index is 8.79. The van der Waals surface area contributed by atoms with Crippen LogP contribution in [0.4, 0.5) is 0 Å². The van der Waals surface area contributed by atoms with E-state index in [0.717, 1.165) is 33.3 Å². The van der Waals surface area contributed by atoms with Crippen LogP contribution in [0.25, 0.3) is 81.8 Å². The van der Waals surface area contributed by atoms with Gasteiger partial charge in [0, 0.05) is 49.1 Å². The summed E-state index contributed by atoms with van der Waals surface area (Å²) in [7, 11) is -1.81. The van der Waals surface area contributed by atoms with Crippen LogP contribution >= 0.6 is 11.3 Å². The van der Waals surface area contributed by atoms with Gasteiger partial charge in [0.2, 0.25) is 0 Å². The molecule has 0 saturated carbocycles. The predicted molar refractivity (Wildman–Crippen MR) is 268 cm³/mol. The Hall–Kier alpha value is -5.75. The van der Waals surface area contributed by atoms with Crippen LogP contribution in [0.1, 0.15) is 38.8 Å². The molecule has 0 aliphatic rings. The molecule has 10 aromatic rings. The molecule has 0 spiro atoms. The van der Waals surface area contributed by atoms with Crippen LogP contribution < -0.4 is 5.19 Å². The van der Waals surface area contributed by atoms with E-state index in [0.29, 0.717) is 16.8 Å². The van der Waals surface area contributed by atoms with Crippen molar-refractivity contribution in [3.8, 4) is 50.6 Å². The second-order valence-corrected chi connectivity index (χ2v) is 23.7. The van der Waals surface area contributed by atoms with E-state index >= 15 is 0 Å². The molecule has 0 saturated heterocycles. The van der Waals surface area contributed by atoms with Gasteiger partial charge in [-0.15, -0.1) is 53.6 Å².